The number of amides is 2. The van der Waals surface area contributed by atoms with Gasteiger partial charge in [-0.05, 0) is 37.5 Å². The normalized spacial score (nSPS) is 16.7. The molecule has 1 saturated carbocycles. The number of hydrogen-bond donors (Lipinski definition) is 2. The van der Waals surface area contributed by atoms with Crippen molar-refractivity contribution in [2.75, 3.05) is 20.2 Å². The number of methoxy groups -OCH3 is 1. The Hall–Kier alpha value is -1.71. The van der Waals surface area contributed by atoms with Crippen LogP contribution < -0.4 is 15.4 Å². The first-order chi connectivity index (χ1) is 9.70. The van der Waals surface area contributed by atoms with Crippen LogP contribution in [0.1, 0.15) is 38.2 Å². The maximum Gasteiger partial charge on any atom is 0.314 e. The third-order valence-corrected chi connectivity index (χ3v) is 4.19. The van der Waals surface area contributed by atoms with Crippen LogP contribution in [0.5, 0.6) is 5.75 Å². The van der Waals surface area contributed by atoms with Crippen molar-refractivity contribution in [1.82, 2.24) is 10.6 Å². The summed E-state index contributed by atoms with van der Waals surface area (Å²) in [5, 5.41) is 5.80. The zero-order chi connectivity index (χ0) is 14.4. The number of urea groups is 1. The number of nitrogens with one attached hydrogen (secondary N) is 2. The van der Waals surface area contributed by atoms with E-state index in [1.165, 1.54) is 18.4 Å². The van der Waals surface area contributed by atoms with Gasteiger partial charge in [-0.2, -0.15) is 0 Å². The highest BCUT2D eigenvalue weighted by Gasteiger charge is 2.35. The van der Waals surface area contributed by atoms with E-state index in [1.54, 1.807) is 7.11 Å². The zero-order valence-electron chi connectivity index (χ0n) is 12.4. The fraction of sp³-hybridized carbons (Fsp3) is 0.562. The highest BCUT2D eigenvalue weighted by atomic mass is 16.5. The molecule has 110 valence electrons. The van der Waals surface area contributed by atoms with Crippen LogP contribution in [0.15, 0.2) is 24.3 Å². The van der Waals surface area contributed by atoms with Gasteiger partial charge in [0.15, 0.2) is 0 Å². The van der Waals surface area contributed by atoms with Crippen LogP contribution in [0.4, 0.5) is 4.79 Å². The minimum Gasteiger partial charge on any atom is -0.497 e. The summed E-state index contributed by atoms with van der Waals surface area (Å²) in [6, 6.07) is 8.18. The lowest BCUT2D eigenvalue weighted by Gasteiger charge is -2.30. The van der Waals surface area contributed by atoms with Crippen LogP contribution in [0.2, 0.25) is 0 Å². The van der Waals surface area contributed by atoms with E-state index in [-0.39, 0.29) is 11.4 Å². The van der Waals surface area contributed by atoms with Gasteiger partial charge in [-0.3, -0.25) is 0 Å². The van der Waals surface area contributed by atoms with E-state index in [1.807, 2.05) is 19.1 Å². The van der Waals surface area contributed by atoms with Crippen molar-refractivity contribution in [3.8, 4) is 5.75 Å². The van der Waals surface area contributed by atoms with Gasteiger partial charge in [-0.1, -0.05) is 25.0 Å². The molecule has 4 heteroatoms. The Balaban J connectivity index is 2.10. The van der Waals surface area contributed by atoms with Crippen molar-refractivity contribution in [2.45, 2.75) is 38.0 Å². The summed E-state index contributed by atoms with van der Waals surface area (Å²) >= 11 is 0. The van der Waals surface area contributed by atoms with Gasteiger partial charge in [0, 0.05) is 18.5 Å². The Bertz CT molecular complexity index is 436. The maximum absolute atomic E-state index is 11.6. The van der Waals surface area contributed by atoms with E-state index in [0.29, 0.717) is 13.1 Å². The lowest BCUT2D eigenvalue weighted by atomic mass is 9.79. The van der Waals surface area contributed by atoms with Crippen molar-refractivity contribution in [2.24, 2.45) is 0 Å². The van der Waals surface area contributed by atoms with E-state index in [9.17, 15) is 4.79 Å². The molecule has 0 spiro atoms. The smallest absolute Gasteiger partial charge is 0.314 e. The fourth-order valence-electron chi connectivity index (χ4n) is 3.04. The number of rotatable bonds is 5. The summed E-state index contributed by atoms with van der Waals surface area (Å²) in [7, 11) is 1.68. The molecule has 0 atom stereocenters. The molecule has 0 unspecified atom stereocenters. The molecular weight excluding hydrogens is 252 g/mol. The van der Waals surface area contributed by atoms with Gasteiger partial charge in [-0.15, -0.1) is 0 Å². The molecule has 1 aromatic rings. The van der Waals surface area contributed by atoms with Crippen molar-refractivity contribution < 1.29 is 9.53 Å². The molecule has 20 heavy (non-hydrogen) atoms. The molecule has 0 saturated heterocycles. The van der Waals surface area contributed by atoms with E-state index in [2.05, 4.69) is 22.8 Å². The highest BCUT2D eigenvalue weighted by Crippen LogP contribution is 2.41. The summed E-state index contributed by atoms with van der Waals surface area (Å²) in [4.78, 5) is 11.6. The molecule has 0 aliphatic heterocycles. The average molecular weight is 276 g/mol. The van der Waals surface area contributed by atoms with Crippen LogP contribution in [0, 0.1) is 0 Å². The first-order valence-corrected chi connectivity index (χ1v) is 7.36. The summed E-state index contributed by atoms with van der Waals surface area (Å²) < 4.78 is 5.22. The first-order valence-electron chi connectivity index (χ1n) is 7.36. The lowest BCUT2D eigenvalue weighted by molar-refractivity contribution is 0.237. The topological polar surface area (TPSA) is 50.4 Å². The van der Waals surface area contributed by atoms with Crippen LogP contribution >= 0.6 is 0 Å². The van der Waals surface area contributed by atoms with Gasteiger partial charge in [0.2, 0.25) is 0 Å². The van der Waals surface area contributed by atoms with Crippen molar-refractivity contribution >= 4 is 6.03 Å². The van der Waals surface area contributed by atoms with E-state index in [4.69, 9.17) is 4.74 Å². The summed E-state index contributed by atoms with van der Waals surface area (Å²) in [5.74, 6) is 0.874. The highest BCUT2D eigenvalue weighted by molar-refractivity contribution is 5.73. The van der Waals surface area contributed by atoms with Gasteiger partial charge >= 0.3 is 6.03 Å². The SMILES string of the molecule is CCNC(=O)NCC1(c2ccc(OC)cc2)CCCC1. The largest absolute Gasteiger partial charge is 0.497 e. The molecule has 0 radical (unpaired) electrons. The van der Waals surface area contributed by atoms with Gasteiger partial charge in [0.25, 0.3) is 0 Å². The monoisotopic (exact) mass is 276 g/mol. The Kier molecular flexibility index (Phi) is 4.88. The molecule has 2 amide bonds. The molecule has 1 aromatic carbocycles. The third kappa shape index (κ3) is 3.24. The molecule has 2 rings (SSSR count). The van der Waals surface area contributed by atoms with Gasteiger partial charge < -0.3 is 15.4 Å². The van der Waals surface area contributed by atoms with Crippen LogP contribution in [-0.4, -0.2) is 26.2 Å². The zero-order valence-corrected chi connectivity index (χ0v) is 12.4. The van der Waals surface area contributed by atoms with E-state index in [0.717, 1.165) is 18.6 Å². The molecule has 1 aliphatic carbocycles. The summed E-state index contributed by atoms with van der Waals surface area (Å²) in [5.41, 5.74) is 1.38. The molecule has 1 aliphatic rings. The van der Waals surface area contributed by atoms with Crippen LogP contribution in [0.25, 0.3) is 0 Å². The summed E-state index contributed by atoms with van der Waals surface area (Å²) in [6.45, 7) is 3.28. The predicted octanol–water partition coefficient (Wildman–Crippen LogP) is 2.83. The quantitative estimate of drug-likeness (QED) is 0.869. The Morgan fingerprint density at radius 2 is 1.85 bits per heavy atom. The lowest BCUT2D eigenvalue weighted by Crippen LogP contribution is -2.43. The predicted molar refractivity (Wildman–Crippen MR) is 80.2 cm³/mol. The number of hydrogen-bond acceptors (Lipinski definition) is 2. The van der Waals surface area contributed by atoms with Gasteiger partial charge in [0.05, 0.1) is 7.11 Å². The molecule has 0 aromatic heterocycles. The Morgan fingerprint density at radius 1 is 1.20 bits per heavy atom. The molecule has 1 fully saturated rings. The second-order valence-corrected chi connectivity index (χ2v) is 5.43. The molecule has 0 bridgehead atoms. The second-order valence-electron chi connectivity index (χ2n) is 5.43. The number of benzene rings is 1. The van der Waals surface area contributed by atoms with Gasteiger partial charge in [-0.25, -0.2) is 4.79 Å². The van der Waals surface area contributed by atoms with Crippen molar-refractivity contribution in [3.63, 3.8) is 0 Å². The third-order valence-electron chi connectivity index (χ3n) is 4.19. The number of carbonyl (C=O) groups excluding carboxylic acids is 1. The Labute approximate surface area is 120 Å². The van der Waals surface area contributed by atoms with Crippen molar-refractivity contribution in [3.05, 3.63) is 29.8 Å². The average Bonchev–Trinajstić information content (AvgIpc) is 2.96. The first kappa shape index (κ1) is 14.7. The maximum atomic E-state index is 11.6. The standard InChI is InChI=1S/C16H24N2O2/c1-3-17-15(19)18-12-16(10-4-5-11-16)13-6-8-14(20-2)9-7-13/h6-9H,3-5,10-12H2,1-2H3,(H2,17,18,19). The number of carbonyl (C=O) groups is 1. The van der Waals surface area contributed by atoms with Gasteiger partial charge in [0.1, 0.15) is 5.75 Å². The minimum absolute atomic E-state index is 0.0766. The van der Waals surface area contributed by atoms with Crippen LogP contribution in [0.3, 0.4) is 0 Å². The van der Waals surface area contributed by atoms with E-state index >= 15 is 0 Å². The molecular formula is C16H24N2O2. The fourth-order valence-corrected chi connectivity index (χ4v) is 3.04. The molecule has 2 N–H and O–H groups in total. The van der Waals surface area contributed by atoms with Crippen molar-refractivity contribution in [1.29, 1.82) is 0 Å². The summed E-state index contributed by atoms with van der Waals surface area (Å²) in [6.07, 6.45) is 4.71. The minimum atomic E-state index is -0.0766. The number of ether oxygens (including phenoxy) is 1. The van der Waals surface area contributed by atoms with E-state index < -0.39 is 0 Å². The second kappa shape index (κ2) is 6.64. The molecule has 4 nitrogen and oxygen atoms in total. The van der Waals surface area contributed by atoms with Crippen LogP contribution in [-0.2, 0) is 5.41 Å². The molecule has 0 heterocycles. The Morgan fingerprint density at radius 3 is 2.40 bits per heavy atom.